The van der Waals surface area contributed by atoms with Crippen LogP contribution in [-0.2, 0) is 30.3 Å². The van der Waals surface area contributed by atoms with Crippen molar-refractivity contribution >= 4 is 46.1 Å². The van der Waals surface area contributed by atoms with Crippen molar-refractivity contribution in [2.24, 2.45) is 0 Å². The number of carbonyl (C=O) groups is 3. The molecule has 1 atom stereocenters. The molecular formula is C17H18N2O5S2. The number of hydrogen-bond acceptors (Lipinski definition) is 8. The average molecular weight is 394 g/mol. The maximum Gasteiger partial charge on any atom is 0.319 e. The van der Waals surface area contributed by atoms with Crippen molar-refractivity contribution in [3.63, 3.8) is 0 Å². The molecule has 1 aromatic carbocycles. The highest BCUT2D eigenvalue weighted by Crippen LogP contribution is 2.23. The molecular weight excluding hydrogens is 376 g/mol. The normalized spacial score (nSPS) is 11.5. The Balaban J connectivity index is 1.75. The van der Waals surface area contributed by atoms with Gasteiger partial charge < -0.3 is 9.47 Å². The number of thiazole rings is 1. The van der Waals surface area contributed by atoms with E-state index >= 15 is 0 Å². The highest BCUT2D eigenvalue weighted by Gasteiger charge is 2.18. The van der Waals surface area contributed by atoms with Crippen molar-refractivity contribution in [3.05, 3.63) is 41.4 Å². The van der Waals surface area contributed by atoms with Gasteiger partial charge in [-0.25, -0.2) is 4.98 Å². The lowest BCUT2D eigenvalue weighted by atomic mass is 10.3. The first-order valence-electron chi connectivity index (χ1n) is 7.67. The van der Waals surface area contributed by atoms with E-state index in [-0.39, 0.29) is 6.42 Å². The van der Waals surface area contributed by atoms with E-state index in [1.54, 1.807) is 12.3 Å². The summed E-state index contributed by atoms with van der Waals surface area (Å²) in [7, 11) is 1.29. The van der Waals surface area contributed by atoms with Gasteiger partial charge in [0.25, 0.3) is 5.91 Å². The van der Waals surface area contributed by atoms with Gasteiger partial charge in [0, 0.05) is 10.3 Å². The average Bonchev–Trinajstić information content (AvgIpc) is 3.07. The fourth-order valence-corrected chi connectivity index (χ4v) is 3.44. The molecule has 2 rings (SSSR count). The van der Waals surface area contributed by atoms with Crippen LogP contribution in [0, 0.1) is 0 Å². The maximum atomic E-state index is 12.0. The van der Waals surface area contributed by atoms with Gasteiger partial charge in [-0.05, 0) is 19.1 Å². The van der Waals surface area contributed by atoms with E-state index in [1.807, 2.05) is 30.3 Å². The smallest absolute Gasteiger partial charge is 0.319 e. The molecule has 0 aliphatic carbocycles. The molecule has 7 nitrogen and oxygen atoms in total. The molecule has 9 heteroatoms. The van der Waals surface area contributed by atoms with Crippen LogP contribution >= 0.6 is 23.1 Å². The van der Waals surface area contributed by atoms with Crippen molar-refractivity contribution in [2.45, 2.75) is 23.5 Å². The highest BCUT2D eigenvalue weighted by atomic mass is 32.2. The van der Waals surface area contributed by atoms with Crippen LogP contribution in [0.5, 0.6) is 0 Å². The van der Waals surface area contributed by atoms with Crippen LogP contribution in [0.3, 0.4) is 0 Å². The number of amides is 1. The maximum absolute atomic E-state index is 12.0. The third-order valence-electron chi connectivity index (χ3n) is 3.08. The van der Waals surface area contributed by atoms with Crippen LogP contribution in [0.4, 0.5) is 5.13 Å². The Morgan fingerprint density at radius 1 is 1.27 bits per heavy atom. The molecule has 2 aromatic rings. The van der Waals surface area contributed by atoms with E-state index in [2.05, 4.69) is 15.0 Å². The number of carbonyl (C=O) groups excluding carboxylic acids is 3. The second-order valence-corrected chi connectivity index (χ2v) is 7.40. The molecule has 1 N–H and O–H groups in total. The van der Waals surface area contributed by atoms with Crippen molar-refractivity contribution in [1.82, 2.24) is 4.98 Å². The molecule has 1 aromatic heterocycles. The SMILES string of the molecule is COC(=O)Cc1csc(NC(=O)COC(=O)[C@H](C)Sc2ccccc2)n1. The molecule has 138 valence electrons. The summed E-state index contributed by atoms with van der Waals surface area (Å²) < 4.78 is 9.58. The number of ether oxygens (including phenoxy) is 2. The van der Waals surface area contributed by atoms with E-state index in [4.69, 9.17) is 4.74 Å². The van der Waals surface area contributed by atoms with Gasteiger partial charge in [0.05, 0.1) is 19.2 Å². The van der Waals surface area contributed by atoms with Crippen molar-refractivity contribution in [1.29, 1.82) is 0 Å². The largest absolute Gasteiger partial charge is 0.469 e. The summed E-state index contributed by atoms with van der Waals surface area (Å²) in [6.45, 7) is 1.32. The summed E-state index contributed by atoms with van der Waals surface area (Å²) in [4.78, 5) is 40.1. The van der Waals surface area contributed by atoms with E-state index in [1.165, 1.54) is 30.2 Å². The number of hydrogen-bond donors (Lipinski definition) is 1. The Hall–Kier alpha value is -2.39. The molecule has 26 heavy (non-hydrogen) atoms. The second-order valence-electron chi connectivity index (χ2n) is 5.13. The van der Waals surface area contributed by atoms with Crippen LogP contribution in [0.15, 0.2) is 40.6 Å². The fourth-order valence-electron chi connectivity index (χ4n) is 1.83. The van der Waals surface area contributed by atoms with E-state index in [0.717, 1.165) is 4.90 Å². The standard InChI is InChI=1S/C17H18N2O5S2/c1-11(26-13-6-4-3-5-7-13)16(22)24-9-14(20)19-17-18-12(10-25-17)8-15(21)23-2/h3-7,10-11H,8-9H2,1-2H3,(H,18,19,20)/t11-/m0/s1. The Labute approximate surface area is 159 Å². The van der Waals surface area contributed by atoms with E-state index in [0.29, 0.717) is 10.8 Å². The van der Waals surface area contributed by atoms with Crippen molar-refractivity contribution < 1.29 is 23.9 Å². The third-order valence-corrected chi connectivity index (χ3v) is 4.98. The number of nitrogens with zero attached hydrogens (tertiary/aromatic N) is 1. The zero-order valence-electron chi connectivity index (χ0n) is 14.3. The predicted octanol–water partition coefficient (Wildman–Crippen LogP) is 2.52. The number of aromatic nitrogens is 1. The van der Waals surface area contributed by atoms with Crippen LogP contribution in [0.2, 0.25) is 0 Å². The number of anilines is 1. The first-order valence-corrected chi connectivity index (χ1v) is 9.43. The summed E-state index contributed by atoms with van der Waals surface area (Å²) in [5, 5.41) is 4.08. The van der Waals surface area contributed by atoms with E-state index < -0.39 is 29.7 Å². The lowest BCUT2D eigenvalue weighted by molar-refractivity contribution is -0.146. The Morgan fingerprint density at radius 3 is 2.69 bits per heavy atom. The topological polar surface area (TPSA) is 94.6 Å². The van der Waals surface area contributed by atoms with Crippen molar-refractivity contribution in [3.8, 4) is 0 Å². The number of rotatable bonds is 8. The molecule has 0 unspecified atom stereocenters. The number of esters is 2. The minimum Gasteiger partial charge on any atom is -0.469 e. The summed E-state index contributed by atoms with van der Waals surface area (Å²) >= 11 is 2.54. The molecule has 0 saturated carbocycles. The Morgan fingerprint density at radius 2 is 2.00 bits per heavy atom. The summed E-state index contributed by atoms with van der Waals surface area (Å²) in [5.41, 5.74) is 0.502. The van der Waals surface area contributed by atoms with Gasteiger partial charge >= 0.3 is 11.9 Å². The Bertz CT molecular complexity index is 764. The first kappa shape index (κ1) is 19.9. The lowest BCUT2D eigenvalue weighted by Gasteiger charge is -2.10. The van der Waals surface area contributed by atoms with Crippen LogP contribution in [0.25, 0.3) is 0 Å². The summed E-state index contributed by atoms with van der Waals surface area (Å²) in [5.74, 6) is -1.37. The van der Waals surface area contributed by atoms with Gasteiger partial charge in [-0.2, -0.15) is 0 Å². The molecule has 1 heterocycles. The number of methoxy groups -OCH3 is 1. The molecule has 0 aliphatic heterocycles. The third kappa shape index (κ3) is 6.49. The number of thioether (sulfide) groups is 1. The molecule has 0 saturated heterocycles. The minimum atomic E-state index is -0.491. The molecule has 0 radical (unpaired) electrons. The lowest BCUT2D eigenvalue weighted by Crippen LogP contribution is -2.24. The molecule has 0 bridgehead atoms. The predicted molar refractivity (Wildman–Crippen MR) is 99.2 cm³/mol. The minimum absolute atomic E-state index is 0.0338. The van der Waals surface area contributed by atoms with Gasteiger partial charge in [0.1, 0.15) is 5.25 Å². The molecule has 0 aliphatic rings. The van der Waals surface area contributed by atoms with Gasteiger partial charge in [0.2, 0.25) is 0 Å². The van der Waals surface area contributed by atoms with Crippen molar-refractivity contribution in [2.75, 3.05) is 19.0 Å². The van der Waals surface area contributed by atoms with Gasteiger partial charge in [-0.15, -0.1) is 23.1 Å². The van der Waals surface area contributed by atoms with Crippen LogP contribution in [-0.4, -0.2) is 41.8 Å². The second kappa shape index (κ2) is 9.93. The van der Waals surface area contributed by atoms with Crippen LogP contribution < -0.4 is 5.32 Å². The van der Waals surface area contributed by atoms with Crippen LogP contribution in [0.1, 0.15) is 12.6 Å². The molecule has 0 fully saturated rings. The fraction of sp³-hybridized carbons (Fsp3) is 0.294. The summed E-state index contributed by atoms with van der Waals surface area (Å²) in [6.07, 6.45) is 0.0338. The Kier molecular flexibility index (Phi) is 7.61. The van der Waals surface area contributed by atoms with Gasteiger partial charge in [-0.1, -0.05) is 18.2 Å². The number of nitrogens with one attached hydrogen (secondary N) is 1. The highest BCUT2D eigenvalue weighted by molar-refractivity contribution is 8.00. The first-order chi connectivity index (χ1) is 12.5. The monoisotopic (exact) mass is 394 g/mol. The molecule has 0 spiro atoms. The van der Waals surface area contributed by atoms with E-state index in [9.17, 15) is 14.4 Å². The summed E-state index contributed by atoms with van der Waals surface area (Å²) in [6, 6.07) is 9.46. The zero-order chi connectivity index (χ0) is 18.9. The number of benzene rings is 1. The van der Waals surface area contributed by atoms with Gasteiger partial charge in [-0.3, -0.25) is 19.7 Å². The molecule has 1 amide bonds. The van der Waals surface area contributed by atoms with Gasteiger partial charge in [0.15, 0.2) is 11.7 Å². The zero-order valence-corrected chi connectivity index (χ0v) is 15.9. The quantitative estimate of drug-likeness (QED) is 0.543.